The molecule has 1 heterocycles. The number of esters is 5. The van der Waals surface area contributed by atoms with Crippen molar-refractivity contribution in [3.63, 3.8) is 0 Å². The highest BCUT2D eigenvalue weighted by atomic mass is 31.2. The summed E-state index contributed by atoms with van der Waals surface area (Å²) in [7, 11) is -4.23. The van der Waals surface area contributed by atoms with Gasteiger partial charge in [0.2, 0.25) is 13.6 Å². The summed E-state index contributed by atoms with van der Waals surface area (Å²) in [5, 5.41) is 0. The predicted molar refractivity (Wildman–Crippen MR) is 109 cm³/mol. The topological polar surface area (TPSA) is 176 Å². The van der Waals surface area contributed by atoms with Gasteiger partial charge in [-0.25, -0.2) is 0 Å². The Hall–Kier alpha value is -2.54. The second kappa shape index (κ2) is 13.4. The molecule has 0 aromatic heterocycles. The van der Waals surface area contributed by atoms with E-state index in [9.17, 15) is 28.5 Å². The smallest absolute Gasteiger partial charge is 0.339 e. The fourth-order valence-electron chi connectivity index (χ4n) is 3.00. The second-order valence-corrected chi connectivity index (χ2v) is 9.26. The van der Waals surface area contributed by atoms with Crippen molar-refractivity contribution in [2.24, 2.45) is 0 Å². The molecule has 1 aliphatic heterocycles. The first kappa shape index (κ1) is 29.5. The molecule has 0 bridgehead atoms. The van der Waals surface area contributed by atoms with Crippen LogP contribution in [0.15, 0.2) is 0 Å². The van der Waals surface area contributed by atoms with Crippen molar-refractivity contribution in [2.75, 3.05) is 19.7 Å². The second-order valence-electron chi connectivity index (χ2n) is 7.16. The van der Waals surface area contributed by atoms with Gasteiger partial charge in [-0.3, -0.25) is 37.6 Å². The molecule has 0 aromatic carbocycles. The van der Waals surface area contributed by atoms with Crippen LogP contribution in [-0.2, 0) is 66.0 Å². The number of carbonyl (C=O) groups excluding carboxylic acids is 5. The minimum atomic E-state index is -4.23. The van der Waals surface area contributed by atoms with Crippen LogP contribution in [-0.4, -0.2) is 80.1 Å². The zero-order valence-corrected chi connectivity index (χ0v) is 20.6. The maximum Gasteiger partial charge on any atom is 0.339 e. The van der Waals surface area contributed by atoms with Gasteiger partial charge < -0.3 is 28.4 Å². The first-order valence-corrected chi connectivity index (χ1v) is 11.8. The Morgan fingerprint density at radius 1 is 0.676 bits per heavy atom. The minimum Gasteiger partial charge on any atom is -0.456 e. The highest BCUT2D eigenvalue weighted by Crippen LogP contribution is 2.50. The third kappa shape index (κ3) is 10.2. The maximum absolute atomic E-state index is 13.3. The molecule has 0 N–H and O–H groups in total. The Bertz CT molecular complexity index is 787. The van der Waals surface area contributed by atoms with Crippen LogP contribution in [0.3, 0.4) is 0 Å². The molecule has 0 amide bonds. The van der Waals surface area contributed by atoms with Gasteiger partial charge in [0.1, 0.15) is 6.10 Å². The third-order valence-corrected chi connectivity index (χ3v) is 6.00. The van der Waals surface area contributed by atoms with Gasteiger partial charge in [0.15, 0.2) is 18.3 Å². The summed E-state index contributed by atoms with van der Waals surface area (Å²) < 4.78 is 54.3. The highest BCUT2D eigenvalue weighted by molar-refractivity contribution is 7.53. The molecule has 0 unspecified atom stereocenters. The third-order valence-electron chi connectivity index (χ3n) is 4.20. The Morgan fingerprint density at radius 2 is 1.09 bits per heavy atom. The summed E-state index contributed by atoms with van der Waals surface area (Å²) >= 11 is 0. The SMILES string of the molecule is CC(=O)OCOP(=O)(C[C@H]1O[C@@H](C)[C@@H](OC(C)=O)[C@@H](OC(C)=O)[C@@H]1OC(C)=O)OCOC(C)=O. The Balaban J connectivity index is 3.26. The number of rotatable bonds is 11. The van der Waals surface area contributed by atoms with Crippen LogP contribution in [0.1, 0.15) is 41.5 Å². The number of ether oxygens (including phenoxy) is 6. The van der Waals surface area contributed by atoms with E-state index >= 15 is 0 Å². The standard InChI is InChI=1S/C19H29O14P/c1-10-17(31-13(4)22)19(33-15(6)24)18(32-14(5)23)16(30-10)7-34(25,28-8-26-11(2)20)29-9-27-12(3)21/h10,16-19H,7-9H2,1-6H3/t10-,16+,17+,18+,19+/m0/s1. The highest BCUT2D eigenvalue weighted by Gasteiger charge is 2.52. The molecule has 0 saturated carbocycles. The first-order chi connectivity index (χ1) is 15.7. The fraction of sp³-hybridized carbons (Fsp3) is 0.737. The van der Waals surface area contributed by atoms with Gasteiger partial charge in [-0.05, 0) is 6.92 Å². The monoisotopic (exact) mass is 512 g/mol. The molecule has 0 radical (unpaired) electrons. The summed E-state index contributed by atoms with van der Waals surface area (Å²) in [5.41, 5.74) is 0. The van der Waals surface area contributed by atoms with E-state index in [0.29, 0.717) is 0 Å². The molecule has 5 atom stereocenters. The lowest BCUT2D eigenvalue weighted by molar-refractivity contribution is -0.240. The van der Waals surface area contributed by atoms with Gasteiger partial charge in [0.25, 0.3) is 0 Å². The molecule has 0 aromatic rings. The summed E-state index contributed by atoms with van der Waals surface area (Å²) in [5.74, 6) is -3.74. The Labute approximate surface area is 195 Å². The van der Waals surface area contributed by atoms with Gasteiger partial charge in [-0.1, -0.05) is 0 Å². The molecule has 1 saturated heterocycles. The van der Waals surface area contributed by atoms with Gasteiger partial charge in [0, 0.05) is 34.6 Å². The lowest BCUT2D eigenvalue weighted by Crippen LogP contribution is -2.61. The van der Waals surface area contributed by atoms with Crippen molar-refractivity contribution in [2.45, 2.75) is 72.1 Å². The van der Waals surface area contributed by atoms with E-state index < -0.39 is 87.7 Å². The van der Waals surface area contributed by atoms with E-state index in [1.54, 1.807) is 0 Å². The lowest BCUT2D eigenvalue weighted by atomic mass is 9.95. The molecule has 1 fully saturated rings. The van der Waals surface area contributed by atoms with Crippen molar-refractivity contribution >= 4 is 37.4 Å². The number of hydrogen-bond acceptors (Lipinski definition) is 14. The number of hydrogen-bond donors (Lipinski definition) is 0. The van der Waals surface area contributed by atoms with Crippen LogP contribution in [0.2, 0.25) is 0 Å². The zero-order valence-electron chi connectivity index (χ0n) is 19.7. The number of carbonyl (C=O) groups is 5. The van der Waals surface area contributed by atoms with Crippen molar-refractivity contribution in [1.82, 2.24) is 0 Å². The quantitative estimate of drug-likeness (QED) is 0.165. The summed E-state index contributed by atoms with van der Waals surface area (Å²) in [4.78, 5) is 57.2. The molecule has 0 spiro atoms. The van der Waals surface area contributed by atoms with E-state index in [2.05, 4.69) is 9.47 Å². The summed E-state index contributed by atoms with van der Waals surface area (Å²) in [6.45, 7) is 5.45. The maximum atomic E-state index is 13.3. The normalized spacial score (nSPS) is 24.5. The van der Waals surface area contributed by atoms with Crippen LogP contribution >= 0.6 is 7.60 Å². The van der Waals surface area contributed by atoms with E-state index in [-0.39, 0.29) is 0 Å². The molecular weight excluding hydrogens is 483 g/mol. The Kier molecular flexibility index (Phi) is 11.6. The van der Waals surface area contributed by atoms with Crippen molar-refractivity contribution < 1.29 is 66.0 Å². The average molecular weight is 512 g/mol. The minimum absolute atomic E-state index is 0.609. The van der Waals surface area contributed by atoms with Crippen molar-refractivity contribution in [1.29, 1.82) is 0 Å². The molecule has 0 aliphatic carbocycles. The van der Waals surface area contributed by atoms with E-state index in [1.807, 2.05) is 0 Å². The van der Waals surface area contributed by atoms with Crippen LogP contribution in [0.25, 0.3) is 0 Å². The Morgan fingerprint density at radius 3 is 1.50 bits per heavy atom. The van der Waals surface area contributed by atoms with Crippen LogP contribution < -0.4 is 0 Å². The van der Waals surface area contributed by atoms with Crippen LogP contribution in [0.5, 0.6) is 0 Å². The van der Waals surface area contributed by atoms with E-state index in [1.165, 1.54) is 6.92 Å². The average Bonchev–Trinajstić information content (AvgIpc) is 2.66. The molecule has 15 heteroatoms. The zero-order chi connectivity index (χ0) is 26.1. The van der Waals surface area contributed by atoms with E-state index in [4.69, 9.17) is 28.0 Å². The summed E-state index contributed by atoms with van der Waals surface area (Å²) in [6.07, 6.45) is -6.68. The van der Waals surface area contributed by atoms with Crippen molar-refractivity contribution in [3.05, 3.63) is 0 Å². The van der Waals surface area contributed by atoms with Gasteiger partial charge in [0.05, 0.1) is 12.3 Å². The van der Waals surface area contributed by atoms with Crippen molar-refractivity contribution in [3.8, 4) is 0 Å². The molecule has 1 rings (SSSR count). The van der Waals surface area contributed by atoms with Gasteiger partial charge >= 0.3 is 37.4 Å². The predicted octanol–water partition coefficient (Wildman–Crippen LogP) is 0.836. The molecule has 14 nitrogen and oxygen atoms in total. The van der Waals surface area contributed by atoms with E-state index in [0.717, 1.165) is 34.6 Å². The lowest BCUT2D eigenvalue weighted by Gasteiger charge is -2.44. The fourth-order valence-corrected chi connectivity index (χ4v) is 4.45. The van der Waals surface area contributed by atoms with Gasteiger partial charge in [-0.2, -0.15) is 0 Å². The summed E-state index contributed by atoms with van der Waals surface area (Å²) in [6, 6.07) is 0. The van der Waals surface area contributed by atoms with Gasteiger partial charge in [-0.15, -0.1) is 0 Å². The molecule has 34 heavy (non-hydrogen) atoms. The largest absolute Gasteiger partial charge is 0.456 e. The first-order valence-electron chi connectivity index (χ1n) is 10.1. The van der Waals surface area contributed by atoms with Crippen LogP contribution in [0, 0.1) is 0 Å². The van der Waals surface area contributed by atoms with Crippen LogP contribution in [0.4, 0.5) is 0 Å². The molecular formula is C19H29O14P. The molecule has 1 aliphatic rings. The molecule has 194 valence electrons.